The van der Waals surface area contributed by atoms with E-state index in [1.807, 2.05) is 23.4 Å². The molecule has 0 unspecified atom stereocenters. The number of thiazole rings is 1. The van der Waals surface area contributed by atoms with Gasteiger partial charge in [-0.3, -0.25) is 18.9 Å². The van der Waals surface area contributed by atoms with Crippen LogP contribution in [0.4, 0.5) is 15.3 Å². The van der Waals surface area contributed by atoms with E-state index in [1.165, 1.54) is 27.8 Å². The minimum Gasteiger partial charge on any atom is -0.305 e. The number of aromatic nitrogens is 3. The molecule has 0 aliphatic carbocycles. The third kappa shape index (κ3) is 5.90. The van der Waals surface area contributed by atoms with Crippen LogP contribution in [0.1, 0.15) is 64.1 Å². The Morgan fingerprint density at radius 1 is 0.958 bits per heavy atom. The highest BCUT2D eigenvalue weighted by atomic mass is 32.2. The molecular weight excluding hydrogens is 652 g/mol. The molecule has 2 aliphatic rings. The van der Waals surface area contributed by atoms with E-state index in [0.29, 0.717) is 37.1 Å². The highest BCUT2D eigenvalue weighted by molar-refractivity contribution is 7.89. The number of imide groups is 1. The van der Waals surface area contributed by atoms with Crippen molar-refractivity contribution in [2.45, 2.75) is 38.5 Å². The quantitative estimate of drug-likeness (QED) is 0.163. The number of hydrogen-bond donors (Lipinski definition) is 0. The molecule has 2 aliphatic heterocycles. The standard InChI is InChI=1S/C35H35FN6O4S2/c1-3-29-32(39(2)35-38-30(22-47-35)24-9-12-26(36)13-10-24)42-21-25(11-14-31(42)37-29)23-15-18-40(19-16-23)48(45,46)20-6-17-41-33(43)27-7-4-5-8-28(27)34(41)44/h4-5,7-14,21-23H,3,6,15-20H2,1-2H3. The number of benzene rings is 2. The Morgan fingerprint density at radius 3 is 2.31 bits per heavy atom. The number of rotatable bonds is 10. The first-order chi connectivity index (χ1) is 23.1. The zero-order valence-electron chi connectivity index (χ0n) is 26.7. The molecule has 13 heteroatoms. The topological polar surface area (TPSA) is 108 Å². The summed E-state index contributed by atoms with van der Waals surface area (Å²) in [5.74, 6) is -0.0514. The number of carbonyl (C=O) groups is 2. The minimum absolute atomic E-state index is 0.0675. The molecular formula is C35H35FN6O4S2. The molecule has 3 aromatic heterocycles. The average molecular weight is 687 g/mol. The number of hydrogen-bond acceptors (Lipinski definition) is 8. The van der Waals surface area contributed by atoms with Gasteiger partial charge < -0.3 is 4.90 Å². The smallest absolute Gasteiger partial charge is 0.261 e. The number of fused-ring (bicyclic) bond motifs is 2. The number of nitrogens with zero attached hydrogens (tertiary/aromatic N) is 6. The second-order valence-corrected chi connectivity index (χ2v) is 15.1. The van der Waals surface area contributed by atoms with Gasteiger partial charge in [0.25, 0.3) is 11.8 Å². The van der Waals surface area contributed by atoms with Crippen molar-refractivity contribution >= 4 is 49.8 Å². The first-order valence-corrected chi connectivity index (χ1v) is 18.5. The van der Waals surface area contributed by atoms with Crippen LogP contribution in [0.5, 0.6) is 0 Å². The van der Waals surface area contributed by atoms with Gasteiger partial charge in [-0.1, -0.05) is 25.1 Å². The van der Waals surface area contributed by atoms with Gasteiger partial charge in [0.1, 0.15) is 17.3 Å². The Morgan fingerprint density at radius 2 is 1.65 bits per heavy atom. The van der Waals surface area contributed by atoms with E-state index in [0.717, 1.165) is 50.4 Å². The van der Waals surface area contributed by atoms with Gasteiger partial charge in [0.05, 0.1) is 28.3 Å². The van der Waals surface area contributed by atoms with E-state index in [-0.39, 0.29) is 42.3 Å². The molecule has 1 fully saturated rings. The van der Waals surface area contributed by atoms with Gasteiger partial charge in [-0.15, -0.1) is 11.3 Å². The lowest BCUT2D eigenvalue weighted by Gasteiger charge is -2.31. The average Bonchev–Trinajstić information content (AvgIpc) is 3.80. The van der Waals surface area contributed by atoms with Crippen molar-refractivity contribution < 1.29 is 22.4 Å². The number of pyridine rings is 1. The van der Waals surface area contributed by atoms with E-state index >= 15 is 0 Å². The zero-order valence-corrected chi connectivity index (χ0v) is 28.3. The summed E-state index contributed by atoms with van der Waals surface area (Å²) in [5, 5.41) is 2.75. The molecule has 248 valence electrons. The molecule has 0 saturated carbocycles. The summed E-state index contributed by atoms with van der Waals surface area (Å²) >= 11 is 1.51. The molecule has 0 N–H and O–H groups in total. The van der Waals surface area contributed by atoms with Crippen LogP contribution in [-0.2, 0) is 16.4 Å². The molecule has 0 spiro atoms. The lowest BCUT2D eigenvalue weighted by molar-refractivity contribution is 0.0654. The molecule has 0 bridgehead atoms. The van der Waals surface area contributed by atoms with Gasteiger partial charge >= 0.3 is 0 Å². The van der Waals surface area contributed by atoms with Crippen molar-refractivity contribution in [1.82, 2.24) is 23.6 Å². The van der Waals surface area contributed by atoms with Gasteiger partial charge in [-0.2, -0.15) is 0 Å². The number of halogens is 1. The summed E-state index contributed by atoms with van der Waals surface area (Å²) in [6.07, 6.45) is 4.38. The molecule has 10 nitrogen and oxygen atoms in total. The second-order valence-electron chi connectivity index (χ2n) is 12.2. The monoisotopic (exact) mass is 686 g/mol. The summed E-state index contributed by atoms with van der Waals surface area (Å²) < 4.78 is 43.6. The Hall–Kier alpha value is -4.46. The molecule has 0 radical (unpaired) electrons. The zero-order chi connectivity index (χ0) is 33.6. The SMILES string of the molecule is CCc1nc2ccc(C3CCN(S(=O)(=O)CCCN4C(=O)c5ccccc5C4=O)CC3)cn2c1N(C)c1nc(-c2ccc(F)cc2)cs1. The van der Waals surface area contributed by atoms with Crippen LogP contribution < -0.4 is 4.90 Å². The van der Waals surface area contributed by atoms with Crippen molar-refractivity contribution in [3.63, 3.8) is 0 Å². The van der Waals surface area contributed by atoms with Gasteiger partial charge in [0.15, 0.2) is 5.13 Å². The molecule has 7 rings (SSSR count). The highest BCUT2D eigenvalue weighted by Gasteiger charge is 2.35. The van der Waals surface area contributed by atoms with E-state index in [1.54, 1.807) is 36.4 Å². The summed E-state index contributed by atoms with van der Waals surface area (Å²) in [6.45, 7) is 2.94. The van der Waals surface area contributed by atoms with Crippen LogP contribution in [0.15, 0.2) is 72.2 Å². The van der Waals surface area contributed by atoms with Crippen LogP contribution in [0, 0.1) is 5.82 Å². The number of anilines is 2. The Labute approximate surface area is 282 Å². The molecule has 48 heavy (non-hydrogen) atoms. The third-order valence-corrected chi connectivity index (χ3v) is 12.1. The van der Waals surface area contributed by atoms with E-state index < -0.39 is 10.0 Å². The van der Waals surface area contributed by atoms with Crippen LogP contribution >= 0.6 is 11.3 Å². The largest absolute Gasteiger partial charge is 0.305 e. The number of piperidine rings is 1. The minimum atomic E-state index is -3.55. The Bertz CT molecular complexity index is 2090. The fraction of sp³-hybridized carbons (Fsp3) is 0.314. The van der Waals surface area contributed by atoms with E-state index in [9.17, 15) is 22.4 Å². The Balaban J connectivity index is 1.02. The molecule has 5 aromatic rings. The van der Waals surface area contributed by atoms with Gasteiger partial charge in [0.2, 0.25) is 10.0 Å². The summed E-state index contributed by atoms with van der Waals surface area (Å²) in [4.78, 5) is 38.2. The molecule has 2 amide bonds. The fourth-order valence-corrected chi connectivity index (χ4v) is 8.96. The molecule has 2 aromatic carbocycles. The lowest BCUT2D eigenvalue weighted by Crippen LogP contribution is -2.40. The van der Waals surface area contributed by atoms with Crippen molar-refractivity contribution in [3.8, 4) is 11.3 Å². The van der Waals surface area contributed by atoms with Gasteiger partial charge in [-0.05, 0) is 79.6 Å². The van der Waals surface area contributed by atoms with E-state index in [4.69, 9.17) is 9.97 Å². The summed E-state index contributed by atoms with van der Waals surface area (Å²) in [5.41, 5.74) is 5.24. The lowest BCUT2D eigenvalue weighted by atomic mass is 9.91. The predicted molar refractivity (Wildman–Crippen MR) is 184 cm³/mol. The number of amides is 2. The van der Waals surface area contributed by atoms with Crippen LogP contribution in [0.25, 0.3) is 16.9 Å². The number of sulfonamides is 1. The van der Waals surface area contributed by atoms with Crippen molar-refractivity contribution in [2.24, 2.45) is 0 Å². The Kier molecular flexibility index (Phi) is 8.60. The van der Waals surface area contributed by atoms with E-state index in [2.05, 4.69) is 23.6 Å². The van der Waals surface area contributed by atoms with Crippen LogP contribution in [-0.4, -0.2) is 76.2 Å². The summed E-state index contributed by atoms with van der Waals surface area (Å²) in [7, 11) is -1.58. The molecule has 1 saturated heterocycles. The van der Waals surface area contributed by atoms with Crippen molar-refractivity contribution in [2.75, 3.05) is 37.3 Å². The first-order valence-electron chi connectivity index (χ1n) is 16.0. The second kappa shape index (κ2) is 12.9. The van der Waals surface area contributed by atoms with Crippen LogP contribution in [0.3, 0.4) is 0 Å². The maximum absolute atomic E-state index is 13.5. The fourth-order valence-electron chi connectivity index (χ4n) is 6.64. The van der Waals surface area contributed by atoms with Crippen molar-refractivity contribution in [1.29, 1.82) is 0 Å². The van der Waals surface area contributed by atoms with Gasteiger partial charge in [0, 0.05) is 43.8 Å². The molecule has 5 heterocycles. The predicted octanol–water partition coefficient (Wildman–Crippen LogP) is 6.12. The van der Waals surface area contributed by atoms with Crippen LogP contribution in [0.2, 0.25) is 0 Å². The molecule has 0 atom stereocenters. The number of carbonyl (C=O) groups excluding carboxylic acids is 2. The maximum Gasteiger partial charge on any atom is 0.261 e. The highest BCUT2D eigenvalue weighted by Crippen LogP contribution is 2.36. The third-order valence-electron chi connectivity index (χ3n) is 9.24. The normalized spacial score (nSPS) is 15.9. The van der Waals surface area contributed by atoms with Crippen molar-refractivity contribution in [3.05, 3.63) is 100 Å². The maximum atomic E-state index is 13.5. The number of imidazole rings is 1. The number of aryl methyl sites for hydroxylation is 1. The van der Waals surface area contributed by atoms with Gasteiger partial charge in [-0.25, -0.2) is 27.1 Å². The first kappa shape index (κ1) is 32.1. The summed E-state index contributed by atoms with van der Waals surface area (Å²) in [6, 6.07) is 17.1.